The van der Waals surface area contributed by atoms with Crippen LogP contribution >= 0.6 is 0 Å². The summed E-state index contributed by atoms with van der Waals surface area (Å²) < 4.78 is 1.90. The third-order valence-corrected chi connectivity index (χ3v) is 3.82. The lowest BCUT2D eigenvalue weighted by Crippen LogP contribution is -2.21. The zero-order valence-corrected chi connectivity index (χ0v) is 12.2. The molecule has 1 amide bonds. The van der Waals surface area contributed by atoms with Crippen molar-refractivity contribution in [3.8, 4) is 0 Å². The van der Waals surface area contributed by atoms with Crippen LogP contribution in [0.2, 0.25) is 0 Å². The predicted molar refractivity (Wildman–Crippen MR) is 79.4 cm³/mol. The van der Waals surface area contributed by atoms with Crippen molar-refractivity contribution >= 4 is 22.6 Å². The van der Waals surface area contributed by atoms with E-state index in [-0.39, 0.29) is 5.91 Å². The predicted octanol–water partition coefficient (Wildman–Crippen LogP) is 1.15. The van der Waals surface area contributed by atoms with Crippen LogP contribution in [0.3, 0.4) is 0 Å². The molecular formula is C14H15N7O. The second-order valence-corrected chi connectivity index (χ2v) is 5.37. The van der Waals surface area contributed by atoms with Crippen LogP contribution in [0.15, 0.2) is 18.2 Å². The van der Waals surface area contributed by atoms with Crippen LogP contribution in [0, 0.1) is 0 Å². The first-order valence-electron chi connectivity index (χ1n) is 7.26. The van der Waals surface area contributed by atoms with Gasteiger partial charge in [-0.05, 0) is 25.0 Å². The maximum absolute atomic E-state index is 12.5. The van der Waals surface area contributed by atoms with Crippen molar-refractivity contribution in [3.63, 3.8) is 0 Å². The molecule has 4 rings (SSSR count). The number of benzene rings is 1. The van der Waals surface area contributed by atoms with Crippen LogP contribution in [0.1, 0.15) is 29.3 Å². The Balaban J connectivity index is 1.68. The van der Waals surface area contributed by atoms with Gasteiger partial charge in [-0.3, -0.25) is 4.79 Å². The number of carbonyl (C=O) groups is 1. The number of nitrogens with zero attached hydrogens (tertiary/aromatic N) is 6. The summed E-state index contributed by atoms with van der Waals surface area (Å²) in [6, 6.07) is 5.51. The van der Waals surface area contributed by atoms with Crippen LogP contribution in [0.4, 0.5) is 5.69 Å². The minimum Gasteiger partial charge on any atom is -0.317 e. The summed E-state index contributed by atoms with van der Waals surface area (Å²) in [6.45, 7) is 0.792. The fourth-order valence-corrected chi connectivity index (χ4v) is 2.80. The van der Waals surface area contributed by atoms with E-state index in [4.69, 9.17) is 0 Å². The van der Waals surface area contributed by atoms with Crippen molar-refractivity contribution in [2.45, 2.75) is 25.8 Å². The molecule has 22 heavy (non-hydrogen) atoms. The SMILES string of the molecule is Cn1nc2cccc(NC(=O)c3nnc4n3CCCC4)c2n1. The van der Waals surface area contributed by atoms with Gasteiger partial charge in [0.05, 0.1) is 5.69 Å². The summed E-state index contributed by atoms with van der Waals surface area (Å²) in [6.07, 6.45) is 3.02. The van der Waals surface area contributed by atoms with E-state index < -0.39 is 0 Å². The van der Waals surface area contributed by atoms with Gasteiger partial charge in [-0.15, -0.1) is 10.2 Å². The number of hydrogen-bond donors (Lipinski definition) is 1. The number of aryl methyl sites for hydroxylation is 2. The van der Waals surface area contributed by atoms with Gasteiger partial charge in [0, 0.05) is 20.0 Å². The topological polar surface area (TPSA) is 90.5 Å². The monoisotopic (exact) mass is 297 g/mol. The van der Waals surface area contributed by atoms with Gasteiger partial charge in [0.25, 0.3) is 5.91 Å². The minimum absolute atomic E-state index is 0.265. The molecule has 1 N–H and O–H groups in total. The molecule has 1 aliphatic rings. The quantitative estimate of drug-likeness (QED) is 0.766. The van der Waals surface area contributed by atoms with Gasteiger partial charge in [0.2, 0.25) is 5.82 Å². The Morgan fingerprint density at radius 1 is 1.23 bits per heavy atom. The van der Waals surface area contributed by atoms with E-state index in [1.54, 1.807) is 7.05 Å². The highest BCUT2D eigenvalue weighted by Gasteiger charge is 2.21. The van der Waals surface area contributed by atoms with Crippen molar-refractivity contribution in [2.75, 3.05) is 5.32 Å². The molecule has 2 aromatic heterocycles. The summed E-state index contributed by atoms with van der Waals surface area (Å²) in [7, 11) is 1.75. The molecule has 1 aromatic carbocycles. The van der Waals surface area contributed by atoms with E-state index >= 15 is 0 Å². The number of rotatable bonds is 2. The molecule has 0 fully saturated rings. The number of hydrogen-bond acceptors (Lipinski definition) is 5. The smallest absolute Gasteiger partial charge is 0.293 e. The largest absolute Gasteiger partial charge is 0.317 e. The number of anilines is 1. The first-order valence-corrected chi connectivity index (χ1v) is 7.26. The van der Waals surface area contributed by atoms with Crippen LogP contribution in [0.5, 0.6) is 0 Å². The van der Waals surface area contributed by atoms with Crippen LogP contribution < -0.4 is 5.32 Å². The molecule has 0 atom stereocenters. The molecule has 8 heteroatoms. The molecule has 0 unspecified atom stereocenters. The maximum Gasteiger partial charge on any atom is 0.293 e. The third kappa shape index (κ3) is 2.03. The van der Waals surface area contributed by atoms with Gasteiger partial charge in [-0.2, -0.15) is 15.0 Å². The second kappa shape index (κ2) is 4.90. The van der Waals surface area contributed by atoms with Gasteiger partial charge in [-0.25, -0.2) is 0 Å². The molecule has 112 valence electrons. The Kier molecular flexibility index (Phi) is 2.88. The number of amides is 1. The maximum atomic E-state index is 12.5. The Hall–Kier alpha value is -2.77. The lowest BCUT2D eigenvalue weighted by molar-refractivity contribution is 0.101. The summed E-state index contributed by atoms with van der Waals surface area (Å²) in [5, 5.41) is 19.5. The summed E-state index contributed by atoms with van der Waals surface area (Å²) in [5.74, 6) is 0.975. The van der Waals surface area contributed by atoms with Crippen molar-refractivity contribution < 1.29 is 4.79 Å². The molecule has 3 heterocycles. The molecule has 0 radical (unpaired) electrons. The lowest BCUT2D eigenvalue weighted by atomic mass is 10.1. The van der Waals surface area contributed by atoms with E-state index in [2.05, 4.69) is 25.7 Å². The summed E-state index contributed by atoms with van der Waals surface area (Å²) >= 11 is 0. The van der Waals surface area contributed by atoms with Gasteiger partial charge in [-0.1, -0.05) is 6.07 Å². The normalized spacial score (nSPS) is 14.0. The van der Waals surface area contributed by atoms with Crippen LogP contribution in [-0.4, -0.2) is 35.7 Å². The van der Waals surface area contributed by atoms with E-state index in [1.807, 2.05) is 22.8 Å². The average molecular weight is 297 g/mol. The highest BCUT2D eigenvalue weighted by atomic mass is 16.2. The fraction of sp³-hybridized carbons (Fsp3) is 0.357. The van der Waals surface area contributed by atoms with E-state index in [1.165, 1.54) is 4.80 Å². The Labute approximate surface area is 126 Å². The zero-order chi connectivity index (χ0) is 15.1. The third-order valence-electron chi connectivity index (χ3n) is 3.82. The molecule has 3 aromatic rings. The summed E-state index contributed by atoms with van der Waals surface area (Å²) in [5.41, 5.74) is 2.03. The Bertz CT molecular complexity index is 863. The van der Waals surface area contributed by atoms with Crippen LogP contribution in [-0.2, 0) is 20.0 Å². The van der Waals surface area contributed by atoms with Gasteiger partial charge >= 0.3 is 0 Å². The minimum atomic E-state index is -0.265. The number of carbonyl (C=O) groups excluding carboxylic acids is 1. The molecular weight excluding hydrogens is 282 g/mol. The first kappa shape index (κ1) is 12.9. The van der Waals surface area contributed by atoms with Gasteiger partial charge in [0.15, 0.2) is 0 Å². The molecule has 0 bridgehead atoms. The van der Waals surface area contributed by atoms with Crippen molar-refractivity contribution in [1.82, 2.24) is 29.8 Å². The molecule has 0 aliphatic carbocycles. The van der Waals surface area contributed by atoms with Crippen molar-refractivity contribution in [2.24, 2.45) is 7.05 Å². The van der Waals surface area contributed by atoms with E-state index in [9.17, 15) is 4.79 Å². The highest BCUT2D eigenvalue weighted by Crippen LogP contribution is 2.21. The number of nitrogens with one attached hydrogen (secondary N) is 1. The zero-order valence-electron chi connectivity index (χ0n) is 12.2. The van der Waals surface area contributed by atoms with Gasteiger partial charge < -0.3 is 9.88 Å². The van der Waals surface area contributed by atoms with Crippen molar-refractivity contribution in [1.29, 1.82) is 0 Å². The highest BCUT2D eigenvalue weighted by molar-refractivity contribution is 6.06. The first-order chi connectivity index (χ1) is 10.7. The van der Waals surface area contributed by atoms with E-state index in [0.717, 1.165) is 37.1 Å². The molecule has 0 spiro atoms. The Morgan fingerprint density at radius 3 is 3.05 bits per heavy atom. The molecule has 0 saturated heterocycles. The molecule has 0 saturated carbocycles. The van der Waals surface area contributed by atoms with Crippen LogP contribution in [0.25, 0.3) is 11.0 Å². The van der Waals surface area contributed by atoms with Gasteiger partial charge in [0.1, 0.15) is 16.9 Å². The second-order valence-electron chi connectivity index (χ2n) is 5.37. The lowest BCUT2D eigenvalue weighted by Gasteiger charge is -2.14. The molecule has 8 nitrogen and oxygen atoms in total. The average Bonchev–Trinajstić information content (AvgIpc) is 3.10. The Morgan fingerprint density at radius 2 is 2.14 bits per heavy atom. The number of fused-ring (bicyclic) bond motifs is 2. The standard InChI is InChI=1S/C14H15N7O/c1-20-18-10-6-4-5-9(12(10)19-20)15-14(22)13-17-16-11-7-2-3-8-21(11)13/h4-6H,2-3,7-8H2,1H3,(H,15,22). The molecule has 1 aliphatic heterocycles. The van der Waals surface area contributed by atoms with Crippen molar-refractivity contribution in [3.05, 3.63) is 29.8 Å². The number of aromatic nitrogens is 6. The fourth-order valence-electron chi connectivity index (χ4n) is 2.80. The van der Waals surface area contributed by atoms with E-state index in [0.29, 0.717) is 17.0 Å². The summed E-state index contributed by atoms with van der Waals surface area (Å²) in [4.78, 5) is 14.0.